The predicted octanol–water partition coefficient (Wildman–Crippen LogP) is 3.12. The Labute approximate surface area is 144 Å². The molecule has 0 saturated carbocycles. The Balaban J connectivity index is 1.71. The minimum Gasteiger partial charge on any atom is -0.257 e. The number of benzene rings is 1. The summed E-state index contributed by atoms with van der Waals surface area (Å²) in [6.07, 6.45) is 3.80. The van der Waals surface area contributed by atoms with Crippen LogP contribution in [0.2, 0.25) is 0 Å². The average Bonchev–Trinajstić information content (AvgIpc) is 2.57. The molecule has 24 heavy (non-hydrogen) atoms. The van der Waals surface area contributed by atoms with Crippen molar-refractivity contribution in [3.8, 4) is 0 Å². The highest BCUT2D eigenvalue weighted by Crippen LogP contribution is 2.28. The molecule has 1 aliphatic heterocycles. The fourth-order valence-corrected chi connectivity index (χ4v) is 4.18. The lowest BCUT2D eigenvalue weighted by molar-refractivity contribution is 0.318. The second-order valence-electron chi connectivity index (χ2n) is 6.59. The number of aromatic nitrogens is 1. The third-order valence-corrected chi connectivity index (χ3v) is 6.11. The Hall–Kier alpha value is -1.72. The van der Waals surface area contributed by atoms with E-state index in [1.807, 2.05) is 0 Å². The Kier molecular flexibility index (Phi) is 5.01. The van der Waals surface area contributed by atoms with Gasteiger partial charge in [-0.15, -0.1) is 0 Å². The van der Waals surface area contributed by atoms with Crippen molar-refractivity contribution in [1.82, 2.24) is 9.29 Å². The Morgan fingerprint density at radius 2 is 1.79 bits per heavy atom. The average molecular weight is 344 g/mol. The molecule has 1 aliphatic rings. The summed E-state index contributed by atoms with van der Waals surface area (Å²) in [4.78, 5) is 4.85. The highest BCUT2D eigenvalue weighted by molar-refractivity contribution is 7.88. The Morgan fingerprint density at radius 3 is 2.46 bits per heavy atom. The summed E-state index contributed by atoms with van der Waals surface area (Å²) in [5.74, 6) is 0.347. The number of aryl methyl sites for hydroxylation is 1. The lowest BCUT2D eigenvalue weighted by atomic mass is 9.93. The number of hydrogen-bond donors (Lipinski definition) is 0. The van der Waals surface area contributed by atoms with Crippen molar-refractivity contribution in [2.24, 2.45) is 0 Å². The molecule has 0 unspecified atom stereocenters. The van der Waals surface area contributed by atoms with Crippen LogP contribution < -0.4 is 0 Å². The van der Waals surface area contributed by atoms with E-state index < -0.39 is 10.0 Å². The second kappa shape index (κ2) is 7.03. The molecule has 0 amide bonds. The first kappa shape index (κ1) is 17.1. The number of pyridine rings is 1. The van der Waals surface area contributed by atoms with Crippen LogP contribution >= 0.6 is 0 Å². The number of piperidine rings is 1. The van der Waals surface area contributed by atoms with Crippen LogP contribution in [-0.2, 0) is 16.4 Å². The van der Waals surface area contributed by atoms with Crippen molar-refractivity contribution >= 4 is 10.0 Å². The fourth-order valence-electron chi connectivity index (χ4n) is 3.31. The van der Waals surface area contributed by atoms with E-state index in [-0.39, 0.29) is 0 Å². The van der Waals surface area contributed by atoms with Gasteiger partial charge >= 0.3 is 0 Å². The topological polar surface area (TPSA) is 50.3 Å². The van der Waals surface area contributed by atoms with Gasteiger partial charge in [-0.1, -0.05) is 30.3 Å². The molecular formula is C19H24N2O2S. The normalized spacial score (nSPS) is 17.1. The van der Waals surface area contributed by atoms with Crippen LogP contribution in [0, 0.1) is 6.92 Å². The monoisotopic (exact) mass is 344 g/mol. The van der Waals surface area contributed by atoms with Crippen molar-refractivity contribution < 1.29 is 8.42 Å². The van der Waals surface area contributed by atoms with E-state index in [1.54, 1.807) is 4.31 Å². The number of sulfonamides is 1. The van der Waals surface area contributed by atoms with Gasteiger partial charge in [-0.2, -0.15) is 0 Å². The molecule has 4 nitrogen and oxygen atoms in total. The maximum absolute atomic E-state index is 11.6. The zero-order valence-electron chi connectivity index (χ0n) is 14.3. The van der Waals surface area contributed by atoms with Gasteiger partial charge in [0.2, 0.25) is 10.0 Å². The van der Waals surface area contributed by atoms with Gasteiger partial charge in [-0.05, 0) is 43.0 Å². The molecule has 0 N–H and O–H groups in total. The molecule has 2 aromatic rings. The molecule has 3 rings (SSSR count). The van der Waals surface area contributed by atoms with Gasteiger partial charge < -0.3 is 0 Å². The van der Waals surface area contributed by atoms with E-state index in [0.29, 0.717) is 19.0 Å². The van der Waals surface area contributed by atoms with Gasteiger partial charge in [-0.3, -0.25) is 4.98 Å². The molecule has 0 radical (unpaired) electrons. The van der Waals surface area contributed by atoms with E-state index in [2.05, 4.69) is 49.4 Å². The summed E-state index contributed by atoms with van der Waals surface area (Å²) in [5, 5.41) is 0. The molecular weight excluding hydrogens is 320 g/mol. The van der Waals surface area contributed by atoms with Crippen LogP contribution in [0.3, 0.4) is 0 Å². The minimum atomic E-state index is -3.07. The fraction of sp³-hybridized carbons (Fsp3) is 0.421. The van der Waals surface area contributed by atoms with Gasteiger partial charge in [-0.25, -0.2) is 12.7 Å². The summed E-state index contributed by atoms with van der Waals surface area (Å²) < 4.78 is 24.8. The lowest BCUT2D eigenvalue weighted by Crippen LogP contribution is -2.37. The molecule has 2 heterocycles. The molecule has 0 aliphatic carbocycles. The molecule has 0 bridgehead atoms. The molecule has 0 spiro atoms. The molecule has 1 fully saturated rings. The van der Waals surface area contributed by atoms with E-state index >= 15 is 0 Å². The van der Waals surface area contributed by atoms with Crippen LogP contribution in [0.15, 0.2) is 42.5 Å². The van der Waals surface area contributed by atoms with Gasteiger partial charge in [0.1, 0.15) is 0 Å². The number of nitrogens with zero attached hydrogens (tertiary/aromatic N) is 2. The van der Waals surface area contributed by atoms with Crippen molar-refractivity contribution in [2.75, 3.05) is 19.3 Å². The molecule has 1 aromatic carbocycles. The largest absolute Gasteiger partial charge is 0.257 e. The lowest BCUT2D eigenvalue weighted by Gasteiger charge is -2.30. The van der Waals surface area contributed by atoms with Gasteiger partial charge in [0, 0.05) is 36.8 Å². The minimum absolute atomic E-state index is 0.347. The van der Waals surface area contributed by atoms with Crippen molar-refractivity contribution in [2.45, 2.75) is 32.1 Å². The van der Waals surface area contributed by atoms with Crippen LogP contribution in [-0.4, -0.2) is 37.1 Å². The Bertz CT molecular complexity index is 810. The third-order valence-electron chi connectivity index (χ3n) is 4.80. The molecule has 1 aromatic heterocycles. The first-order chi connectivity index (χ1) is 11.4. The molecule has 1 saturated heterocycles. The van der Waals surface area contributed by atoms with Gasteiger partial charge in [0.15, 0.2) is 0 Å². The van der Waals surface area contributed by atoms with E-state index in [1.165, 1.54) is 17.4 Å². The van der Waals surface area contributed by atoms with E-state index in [9.17, 15) is 8.42 Å². The molecule has 128 valence electrons. The van der Waals surface area contributed by atoms with Crippen LogP contribution in [0.4, 0.5) is 0 Å². The highest BCUT2D eigenvalue weighted by Gasteiger charge is 2.26. The smallest absolute Gasteiger partial charge is 0.211 e. The SMILES string of the molecule is Cc1ccccc1Cc1cccc(C2CCN(S(C)(=O)=O)CC2)n1. The first-order valence-electron chi connectivity index (χ1n) is 8.39. The standard InChI is InChI=1S/C19H24N2O2S/c1-15-6-3-4-7-17(15)14-18-8-5-9-19(20-18)16-10-12-21(13-11-16)24(2,22)23/h3-9,16H,10-14H2,1-2H3. The van der Waals surface area contributed by atoms with Crippen molar-refractivity contribution in [3.63, 3.8) is 0 Å². The quantitative estimate of drug-likeness (QED) is 0.856. The van der Waals surface area contributed by atoms with Crippen LogP contribution in [0.25, 0.3) is 0 Å². The summed E-state index contributed by atoms with van der Waals surface area (Å²) in [6, 6.07) is 14.6. The third kappa shape index (κ3) is 4.02. The van der Waals surface area contributed by atoms with Crippen LogP contribution in [0.1, 0.15) is 41.3 Å². The summed E-state index contributed by atoms with van der Waals surface area (Å²) in [7, 11) is -3.07. The highest BCUT2D eigenvalue weighted by atomic mass is 32.2. The predicted molar refractivity (Wildman–Crippen MR) is 96.6 cm³/mol. The summed E-state index contributed by atoms with van der Waals surface area (Å²) in [6.45, 7) is 3.31. The van der Waals surface area contributed by atoms with Gasteiger partial charge in [0.25, 0.3) is 0 Å². The Morgan fingerprint density at radius 1 is 1.08 bits per heavy atom. The molecule has 0 atom stereocenters. The second-order valence-corrected chi connectivity index (χ2v) is 8.58. The molecule has 5 heteroatoms. The maximum atomic E-state index is 11.6. The van der Waals surface area contributed by atoms with Crippen LogP contribution in [0.5, 0.6) is 0 Å². The van der Waals surface area contributed by atoms with Crippen molar-refractivity contribution in [3.05, 3.63) is 65.0 Å². The zero-order valence-corrected chi connectivity index (χ0v) is 15.1. The number of rotatable bonds is 4. The first-order valence-corrected chi connectivity index (χ1v) is 10.2. The van der Waals surface area contributed by atoms with E-state index in [0.717, 1.165) is 30.7 Å². The zero-order chi connectivity index (χ0) is 17.2. The number of hydrogen-bond acceptors (Lipinski definition) is 3. The maximum Gasteiger partial charge on any atom is 0.211 e. The van der Waals surface area contributed by atoms with Gasteiger partial charge in [0.05, 0.1) is 6.26 Å². The van der Waals surface area contributed by atoms with E-state index in [4.69, 9.17) is 4.98 Å². The summed E-state index contributed by atoms with van der Waals surface area (Å²) in [5.41, 5.74) is 4.75. The summed E-state index contributed by atoms with van der Waals surface area (Å²) >= 11 is 0. The van der Waals surface area contributed by atoms with Crippen molar-refractivity contribution in [1.29, 1.82) is 0 Å².